The third-order valence-electron chi connectivity index (χ3n) is 4.17. The normalized spacial score (nSPS) is 15.9. The summed E-state index contributed by atoms with van der Waals surface area (Å²) in [7, 11) is 1.72. The molecule has 0 fully saturated rings. The van der Waals surface area contributed by atoms with Gasteiger partial charge < -0.3 is 15.0 Å². The molecule has 1 aliphatic rings. The minimum absolute atomic E-state index is 0.0861. The molecule has 130 valence electrons. The third-order valence-corrected chi connectivity index (χ3v) is 4.40. The van der Waals surface area contributed by atoms with E-state index in [-0.39, 0.29) is 18.2 Å². The van der Waals surface area contributed by atoms with E-state index in [1.807, 2.05) is 36.4 Å². The van der Waals surface area contributed by atoms with E-state index in [4.69, 9.17) is 16.3 Å². The quantitative estimate of drug-likeness (QED) is 0.892. The molecule has 0 bridgehead atoms. The van der Waals surface area contributed by atoms with Gasteiger partial charge in [-0.1, -0.05) is 35.9 Å². The molecule has 3 rings (SSSR count). The highest BCUT2D eigenvalue weighted by Gasteiger charge is 2.32. The number of benzene rings is 2. The van der Waals surface area contributed by atoms with Crippen molar-refractivity contribution in [1.82, 2.24) is 4.90 Å². The van der Waals surface area contributed by atoms with Crippen molar-refractivity contribution in [3.8, 4) is 5.75 Å². The second kappa shape index (κ2) is 7.57. The molecule has 2 aromatic rings. The molecule has 5 nitrogen and oxygen atoms in total. The number of carbonyl (C=O) groups excluding carboxylic acids is 2. The Kier molecular flexibility index (Phi) is 5.24. The van der Waals surface area contributed by atoms with Crippen molar-refractivity contribution in [2.75, 3.05) is 25.5 Å². The van der Waals surface area contributed by atoms with Crippen LogP contribution in [0.4, 0.5) is 5.69 Å². The van der Waals surface area contributed by atoms with Crippen LogP contribution in [-0.4, -0.2) is 36.9 Å². The summed E-state index contributed by atoms with van der Waals surface area (Å²) >= 11 is 5.92. The number of rotatable bonds is 5. The van der Waals surface area contributed by atoms with Crippen LogP contribution in [-0.2, 0) is 9.59 Å². The lowest BCUT2D eigenvalue weighted by atomic mass is 9.89. The highest BCUT2D eigenvalue weighted by atomic mass is 35.5. The topological polar surface area (TPSA) is 58.6 Å². The zero-order valence-electron chi connectivity index (χ0n) is 13.9. The van der Waals surface area contributed by atoms with Crippen LogP contribution < -0.4 is 10.1 Å². The maximum Gasteiger partial charge on any atom is 0.230 e. The average Bonchev–Trinajstić information content (AvgIpc) is 2.60. The van der Waals surface area contributed by atoms with Gasteiger partial charge in [0.15, 0.2) is 0 Å². The molecule has 0 saturated heterocycles. The molecule has 0 radical (unpaired) electrons. The lowest BCUT2D eigenvalue weighted by molar-refractivity contribution is -0.134. The van der Waals surface area contributed by atoms with E-state index in [1.54, 1.807) is 24.1 Å². The fourth-order valence-corrected chi connectivity index (χ4v) is 3.05. The Balaban J connectivity index is 1.62. The summed E-state index contributed by atoms with van der Waals surface area (Å²) in [5, 5.41) is 3.41. The molecule has 6 heteroatoms. The van der Waals surface area contributed by atoms with Crippen molar-refractivity contribution >= 4 is 29.1 Å². The first-order chi connectivity index (χ1) is 12.0. The molecule has 1 heterocycles. The van der Waals surface area contributed by atoms with Crippen LogP contribution in [0.25, 0.3) is 0 Å². The van der Waals surface area contributed by atoms with Gasteiger partial charge in [-0.25, -0.2) is 0 Å². The number of nitrogens with zero attached hydrogens (tertiary/aromatic N) is 1. The number of ether oxygens (including phenoxy) is 1. The summed E-state index contributed by atoms with van der Waals surface area (Å²) < 4.78 is 5.63. The summed E-state index contributed by atoms with van der Waals surface area (Å²) in [5.41, 5.74) is 1.57. The first-order valence-corrected chi connectivity index (χ1v) is 8.44. The largest absolute Gasteiger partial charge is 0.492 e. The number of halogens is 1. The first kappa shape index (κ1) is 17.3. The number of hydrogen-bond acceptors (Lipinski definition) is 3. The van der Waals surface area contributed by atoms with Crippen molar-refractivity contribution in [2.45, 2.75) is 12.3 Å². The minimum atomic E-state index is -0.457. The smallest absolute Gasteiger partial charge is 0.230 e. The van der Waals surface area contributed by atoms with Crippen molar-refractivity contribution in [2.24, 2.45) is 0 Å². The third kappa shape index (κ3) is 4.12. The van der Waals surface area contributed by atoms with E-state index < -0.39 is 5.92 Å². The average molecular weight is 359 g/mol. The number of amides is 2. The van der Waals surface area contributed by atoms with E-state index in [1.165, 1.54) is 0 Å². The van der Waals surface area contributed by atoms with Gasteiger partial charge in [0, 0.05) is 24.2 Å². The summed E-state index contributed by atoms with van der Waals surface area (Å²) in [4.78, 5) is 26.2. The number of para-hydroxylation sites is 1. The van der Waals surface area contributed by atoms with Crippen LogP contribution in [0.2, 0.25) is 5.02 Å². The van der Waals surface area contributed by atoms with E-state index in [0.717, 1.165) is 5.56 Å². The number of carbonyl (C=O) groups is 2. The van der Waals surface area contributed by atoms with Crippen molar-refractivity contribution in [3.05, 3.63) is 59.1 Å². The Bertz CT molecular complexity index is 794. The summed E-state index contributed by atoms with van der Waals surface area (Å²) in [6, 6.07) is 14.5. The predicted octanol–water partition coefficient (Wildman–Crippen LogP) is 3.30. The van der Waals surface area contributed by atoms with E-state index >= 15 is 0 Å². The molecular formula is C19H19ClN2O3. The lowest BCUT2D eigenvalue weighted by Gasteiger charge is -2.28. The van der Waals surface area contributed by atoms with Crippen molar-refractivity contribution in [1.29, 1.82) is 0 Å². The number of likely N-dealkylation sites (N-methyl/N-ethyl adjacent to an activating group) is 1. The van der Waals surface area contributed by atoms with Gasteiger partial charge in [-0.05, 0) is 29.8 Å². The van der Waals surface area contributed by atoms with Crippen LogP contribution in [0.1, 0.15) is 17.9 Å². The highest BCUT2D eigenvalue weighted by Crippen LogP contribution is 2.33. The number of hydrogen-bond donors (Lipinski definition) is 1. The zero-order valence-corrected chi connectivity index (χ0v) is 14.6. The lowest BCUT2D eigenvalue weighted by Crippen LogP contribution is -2.38. The monoisotopic (exact) mass is 358 g/mol. The maximum atomic E-state index is 12.8. The summed E-state index contributed by atoms with van der Waals surface area (Å²) in [6.45, 7) is 0.773. The number of nitrogens with one attached hydrogen (secondary N) is 1. The fraction of sp³-hybridized carbons (Fsp3) is 0.263. The molecule has 1 aliphatic heterocycles. The van der Waals surface area contributed by atoms with Gasteiger partial charge in [-0.15, -0.1) is 0 Å². The van der Waals surface area contributed by atoms with Crippen LogP contribution in [0.15, 0.2) is 48.5 Å². The first-order valence-electron chi connectivity index (χ1n) is 8.06. The van der Waals surface area contributed by atoms with E-state index in [0.29, 0.717) is 29.6 Å². The van der Waals surface area contributed by atoms with Crippen LogP contribution in [0, 0.1) is 0 Å². The number of fused-ring (bicyclic) bond motifs is 1. The van der Waals surface area contributed by atoms with Gasteiger partial charge in [0.1, 0.15) is 12.4 Å². The Morgan fingerprint density at radius 3 is 2.88 bits per heavy atom. The van der Waals surface area contributed by atoms with Gasteiger partial charge in [0.2, 0.25) is 11.8 Å². The Morgan fingerprint density at radius 2 is 2.08 bits per heavy atom. The molecule has 2 amide bonds. The Morgan fingerprint density at radius 1 is 1.28 bits per heavy atom. The predicted molar refractivity (Wildman–Crippen MR) is 97.0 cm³/mol. The van der Waals surface area contributed by atoms with Gasteiger partial charge in [0.25, 0.3) is 0 Å². The van der Waals surface area contributed by atoms with Gasteiger partial charge in [0.05, 0.1) is 12.5 Å². The standard InChI is InChI=1S/C19H19ClN2O3/c1-22(9-10-25-14-6-4-5-13(20)11-14)19(24)16-12-18(23)21-17-8-3-2-7-15(16)17/h2-8,11,16H,9-10,12H2,1H3,(H,21,23). The molecule has 25 heavy (non-hydrogen) atoms. The van der Waals surface area contributed by atoms with Gasteiger partial charge in [-0.3, -0.25) is 9.59 Å². The van der Waals surface area contributed by atoms with E-state index in [2.05, 4.69) is 5.32 Å². The van der Waals surface area contributed by atoms with E-state index in [9.17, 15) is 9.59 Å². The molecule has 0 aromatic heterocycles. The molecule has 1 atom stereocenters. The molecule has 0 aliphatic carbocycles. The van der Waals surface area contributed by atoms with Crippen LogP contribution in [0.3, 0.4) is 0 Å². The molecule has 0 saturated carbocycles. The summed E-state index contributed by atoms with van der Waals surface area (Å²) in [5.74, 6) is -0.0190. The van der Waals surface area contributed by atoms with Gasteiger partial charge >= 0.3 is 0 Å². The molecule has 0 spiro atoms. The van der Waals surface area contributed by atoms with Crippen LogP contribution in [0.5, 0.6) is 5.75 Å². The Labute approximate surface area is 151 Å². The molecular weight excluding hydrogens is 340 g/mol. The Hall–Kier alpha value is -2.53. The molecule has 1 N–H and O–H groups in total. The molecule has 2 aromatic carbocycles. The highest BCUT2D eigenvalue weighted by molar-refractivity contribution is 6.30. The fourth-order valence-electron chi connectivity index (χ4n) is 2.87. The van der Waals surface area contributed by atoms with Crippen LogP contribution >= 0.6 is 11.6 Å². The second-order valence-electron chi connectivity index (χ2n) is 5.96. The maximum absolute atomic E-state index is 12.8. The second-order valence-corrected chi connectivity index (χ2v) is 6.39. The van der Waals surface area contributed by atoms with Gasteiger partial charge in [-0.2, -0.15) is 0 Å². The number of anilines is 1. The molecule has 1 unspecified atom stereocenters. The minimum Gasteiger partial charge on any atom is -0.492 e. The van der Waals surface area contributed by atoms with Crippen molar-refractivity contribution < 1.29 is 14.3 Å². The SMILES string of the molecule is CN(CCOc1cccc(Cl)c1)C(=O)C1CC(=O)Nc2ccccc21. The zero-order chi connectivity index (χ0) is 17.8. The summed E-state index contributed by atoms with van der Waals surface area (Å²) in [6.07, 6.45) is 0.162. The van der Waals surface area contributed by atoms with Crippen molar-refractivity contribution in [3.63, 3.8) is 0 Å².